The Kier molecular flexibility index (Phi) is 6.94. The van der Waals surface area contributed by atoms with E-state index in [4.69, 9.17) is 11.6 Å². The topological polar surface area (TPSA) is 62.2 Å². The van der Waals surface area contributed by atoms with Gasteiger partial charge in [-0.25, -0.2) is 9.07 Å². The summed E-state index contributed by atoms with van der Waals surface area (Å²) in [5.41, 5.74) is 0.880. The number of rotatable bonds is 7. The summed E-state index contributed by atoms with van der Waals surface area (Å²) in [5.74, 6) is 0.250. The largest absolute Gasteiger partial charge is 0.310 e. The molecule has 1 aromatic carbocycles. The molecule has 1 aliphatic carbocycles. The number of anilines is 1. The zero-order chi connectivity index (χ0) is 22.0. The summed E-state index contributed by atoms with van der Waals surface area (Å²) >= 11 is 5.89. The fraction of sp³-hybridized carbons (Fsp3) is 0.565. The van der Waals surface area contributed by atoms with Gasteiger partial charge in [0.2, 0.25) is 5.91 Å². The van der Waals surface area contributed by atoms with Crippen molar-refractivity contribution in [3.63, 3.8) is 0 Å². The average molecular weight is 448 g/mol. The molecule has 0 spiro atoms. The van der Waals surface area contributed by atoms with Gasteiger partial charge in [-0.1, -0.05) is 30.5 Å². The number of likely N-dealkylation sites (tertiary alicyclic amines) is 1. The molecular weight excluding hydrogens is 417 g/mol. The number of hydrogen-bond acceptors (Lipinski definition) is 4. The van der Waals surface area contributed by atoms with E-state index in [1.807, 2.05) is 16.8 Å². The van der Waals surface area contributed by atoms with Crippen LogP contribution in [0.25, 0.3) is 0 Å². The van der Waals surface area contributed by atoms with E-state index in [9.17, 15) is 9.18 Å². The third-order valence-electron chi connectivity index (χ3n) is 6.52. The third kappa shape index (κ3) is 4.94. The Morgan fingerprint density at radius 1 is 1.26 bits per heavy atom. The van der Waals surface area contributed by atoms with Gasteiger partial charge < -0.3 is 10.6 Å². The third-order valence-corrected chi connectivity index (χ3v) is 6.82. The van der Waals surface area contributed by atoms with Crippen molar-refractivity contribution in [2.24, 2.45) is 0 Å². The van der Waals surface area contributed by atoms with Crippen LogP contribution in [0.4, 0.5) is 10.2 Å². The van der Waals surface area contributed by atoms with Gasteiger partial charge in [-0.3, -0.25) is 9.69 Å². The van der Waals surface area contributed by atoms with Crippen LogP contribution in [0.2, 0.25) is 5.02 Å². The van der Waals surface area contributed by atoms with Crippen LogP contribution in [0.1, 0.15) is 63.6 Å². The van der Waals surface area contributed by atoms with Gasteiger partial charge in [-0.15, -0.1) is 0 Å². The van der Waals surface area contributed by atoms with Gasteiger partial charge in [0, 0.05) is 24.7 Å². The number of nitrogens with zero attached hydrogens (tertiary/aromatic N) is 3. The first-order chi connectivity index (χ1) is 14.9. The minimum Gasteiger partial charge on any atom is -0.310 e. The maximum Gasteiger partial charge on any atom is 0.239 e. The van der Waals surface area contributed by atoms with Crippen LogP contribution in [0, 0.1) is 5.82 Å². The van der Waals surface area contributed by atoms with Gasteiger partial charge in [-0.05, 0) is 50.8 Å². The lowest BCUT2D eigenvalue weighted by atomic mass is 9.99. The molecule has 168 valence electrons. The summed E-state index contributed by atoms with van der Waals surface area (Å²) in [4.78, 5) is 15.0. The Balaban J connectivity index is 1.41. The minimum absolute atomic E-state index is 0.0106. The first kappa shape index (κ1) is 22.2. The first-order valence-corrected chi connectivity index (χ1v) is 11.6. The highest BCUT2D eigenvalue weighted by Crippen LogP contribution is 2.35. The highest BCUT2D eigenvalue weighted by molar-refractivity contribution is 6.30. The number of nitrogens with one attached hydrogen (secondary N) is 2. The van der Waals surface area contributed by atoms with Gasteiger partial charge in [0.05, 0.1) is 29.8 Å². The highest BCUT2D eigenvalue weighted by Gasteiger charge is 2.37. The highest BCUT2D eigenvalue weighted by atomic mass is 35.5. The molecule has 31 heavy (non-hydrogen) atoms. The van der Waals surface area contributed by atoms with Crippen molar-refractivity contribution in [3.8, 4) is 0 Å². The molecule has 2 N–H and O–H groups in total. The molecule has 1 saturated carbocycles. The van der Waals surface area contributed by atoms with E-state index in [2.05, 4.69) is 34.5 Å². The SMILES string of the molecule is CC(C)N1CC[C@H](NCC(=O)Nc2ccnn2C2CCCC2)[C@H]1c1ccc(Cl)c(F)c1. The average Bonchev–Trinajstić information content (AvgIpc) is 3.48. The second kappa shape index (κ2) is 9.67. The first-order valence-electron chi connectivity index (χ1n) is 11.2. The van der Waals surface area contributed by atoms with Crippen molar-refractivity contribution in [2.45, 2.75) is 70.1 Å². The maximum atomic E-state index is 14.1. The van der Waals surface area contributed by atoms with E-state index in [1.165, 1.54) is 18.9 Å². The maximum absolute atomic E-state index is 14.1. The number of halogens is 2. The van der Waals surface area contributed by atoms with Crippen LogP contribution >= 0.6 is 11.6 Å². The van der Waals surface area contributed by atoms with Gasteiger partial charge in [0.1, 0.15) is 11.6 Å². The molecule has 2 atom stereocenters. The molecule has 8 heteroatoms. The van der Waals surface area contributed by atoms with E-state index in [-0.39, 0.29) is 29.6 Å². The molecule has 0 unspecified atom stereocenters. The Morgan fingerprint density at radius 3 is 2.74 bits per heavy atom. The molecule has 4 rings (SSSR count). The van der Waals surface area contributed by atoms with Crippen molar-refractivity contribution < 1.29 is 9.18 Å². The standard InChI is InChI=1S/C23H31ClFN5O/c1-15(2)29-12-10-20(23(29)16-7-8-18(24)19(25)13-16)26-14-22(31)28-21-9-11-27-30(21)17-5-3-4-6-17/h7-9,11,13,15,17,20,23,26H,3-6,10,12,14H2,1-2H3,(H,28,31)/t20-,23+/m0/s1. The minimum atomic E-state index is -0.411. The van der Waals surface area contributed by atoms with E-state index in [0.29, 0.717) is 12.1 Å². The van der Waals surface area contributed by atoms with Crippen molar-refractivity contribution >= 4 is 23.3 Å². The molecule has 1 aliphatic heterocycles. The summed E-state index contributed by atoms with van der Waals surface area (Å²) in [5, 5.41) is 11.0. The second-order valence-corrected chi connectivity index (χ2v) is 9.28. The normalized spacial score (nSPS) is 22.5. The quantitative estimate of drug-likeness (QED) is 0.654. The number of hydrogen-bond donors (Lipinski definition) is 2. The smallest absolute Gasteiger partial charge is 0.239 e. The Hall–Kier alpha value is -1.96. The molecule has 1 aromatic heterocycles. The summed E-state index contributed by atoms with van der Waals surface area (Å²) in [7, 11) is 0. The number of benzene rings is 1. The van der Waals surface area contributed by atoms with Gasteiger partial charge in [-0.2, -0.15) is 5.10 Å². The fourth-order valence-electron chi connectivity index (χ4n) is 4.99. The van der Waals surface area contributed by atoms with Crippen LogP contribution < -0.4 is 10.6 Å². The van der Waals surface area contributed by atoms with Crippen LogP contribution in [0.5, 0.6) is 0 Å². The Bertz CT molecular complexity index is 911. The lowest BCUT2D eigenvalue weighted by Gasteiger charge is -2.32. The summed E-state index contributed by atoms with van der Waals surface area (Å²) < 4.78 is 16.1. The summed E-state index contributed by atoms with van der Waals surface area (Å²) in [6.07, 6.45) is 7.26. The van der Waals surface area contributed by atoms with E-state index in [0.717, 1.165) is 37.2 Å². The van der Waals surface area contributed by atoms with E-state index >= 15 is 0 Å². The summed E-state index contributed by atoms with van der Waals surface area (Å²) in [6.45, 7) is 5.36. The molecule has 0 radical (unpaired) electrons. The zero-order valence-corrected chi connectivity index (χ0v) is 18.9. The number of aromatic nitrogens is 2. The number of carbonyl (C=O) groups excluding carboxylic acids is 1. The molecule has 2 aromatic rings. The number of amides is 1. The molecule has 1 saturated heterocycles. The van der Waals surface area contributed by atoms with Crippen molar-refractivity contribution in [1.82, 2.24) is 20.0 Å². The van der Waals surface area contributed by atoms with Gasteiger partial charge >= 0.3 is 0 Å². The molecule has 2 heterocycles. The van der Waals surface area contributed by atoms with Crippen LogP contribution in [0.3, 0.4) is 0 Å². The predicted octanol–water partition coefficient (Wildman–Crippen LogP) is 4.54. The predicted molar refractivity (Wildman–Crippen MR) is 121 cm³/mol. The second-order valence-electron chi connectivity index (χ2n) is 8.87. The lowest BCUT2D eigenvalue weighted by molar-refractivity contribution is -0.115. The van der Waals surface area contributed by atoms with Gasteiger partial charge in [0.15, 0.2) is 0 Å². The summed E-state index contributed by atoms with van der Waals surface area (Å²) in [6, 6.07) is 7.58. The molecule has 0 bridgehead atoms. The number of carbonyl (C=O) groups is 1. The zero-order valence-electron chi connectivity index (χ0n) is 18.2. The van der Waals surface area contributed by atoms with Gasteiger partial charge in [0.25, 0.3) is 0 Å². The van der Waals surface area contributed by atoms with Crippen LogP contribution in [-0.4, -0.2) is 45.8 Å². The van der Waals surface area contributed by atoms with Crippen molar-refractivity contribution in [2.75, 3.05) is 18.4 Å². The molecule has 2 aliphatic rings. The van der Waals surface area contributed by atoms with Crippen molar-refractivity contribution in [3.05, 3.63) is 46.9 Å². The van der Waals surface area contributed by atoms with E-state index < -0.39 is 5.82 Å². The lowest BCUT2D eigenvalue weighted by Crippen LogP contribution is -2.41. The van der Waals surface area contributed by atoms with Crippen LogP contribution in [0.15, 0.2) is 30.5 Å². The van der Waals surface area contributed by atoms with Crippen molar-refractivity contribution in [1.29, 1.82) is 0 Å². The molecule has 1 amide bonds. The molecular formula is C23H31ClFN5O. The Morgan fingerprint density at radius 2 is 2.03 bits per heavy atom. The monoisotopic (exact) mass is 447 g/mol. The molecule has 2 fully saturated rings. The van der Waals surface area contributed by atoms with E-state index in [1.54, 1.807) is 12.3 Å². The molecule has 6 nitrogen and oxygen atoms in total. The Labute approximate surface area is 188 Å². The fourth-order valence-corrected chi connectivity index (χ4v) is 5.11. The van der Waals surface area contributed by atoms with Crippen LogP contribution in [-0.2, 0) is 4.79 Å².